The number of rotatable bonds is 3. The Labute approximate surface area is 108 Å². The molecule has 6 heteroatoms. The van der Waals surface area contributed by atoms with Crippen molar-refractivity contribution in [2.45, 2.75) is 25.2 Å². The van der Waals surface area contributed by atoms with E-state index in [2.05, 4.69) is 10.1 Å². The molecule has 0 saturated heterocycles. The first-order valence-electron chi connectivity index (χ1n) is 6.11. The first kappa shape index (κ1) is 11.8. The van der Waals surface area contributed by atoms with E-state index in [-0.39, 0.29) is 17.6 Å². The second kappa shape index (κ2) is 4.46. The standard InChI is InChI=1S/C13H12FN3O2/c14-9-4-6-10(7-5-9)17-12(8-2-1-3-8)15-11(16-17)13(18)19/h4-8H,1-3H2,(H,18,19). The lowest BCUT2D eigenvalue weighted by Crippen LogP contribution is -2.15. The Morgan fingerprint density at radius 2 is 2.00 bits per heavy atom. The van der Waals surface area contributed by atoms with E-state index in [0.717, 1.165) is 19.3 Å². The molecular weight excluding hydrogens is 249 g/mol. The molecule has 1 aromatic heterocycles. The predicted molar refractivity (Wildman–Crippen MR) is 64.9 cm³/mol. The van der Waals surface area contributed by atoms with Gasteiger partial charge in [-0.25, -0.2) is 18.9 Å². The maximum Gasteiger partial charge on any atom is 0.375 e. The largest absolute Gasteiger partial charge is 0.475 e. The summed E-state index contributed by atoms with van der Waals surface area (Å²) in [7, 11) is 0. The number of aromatic nitrogens is 3. The van der Waals surface area contributed by atoms with E-state index in [1.165, 1.54) is 16.8 Å². The molecule has 98 valence electrons. The molecule has 1 heterocycles. The molecule has 5 nitrogen and oxygen atoms in total. The Morgan fingerprint density at radius 1 is 1.32 bits per heavy atom. The topological polar surface area (TPSA) is 68.0 Å². The fourth-order valence-electron chi connectivity index (χ4n) is 2.12. The van der Waals surface area contributed by atoms with Gasteiger partial charge in [0.05, 0.1) is 5.69 Å². The zero-order valence-corrected chi connectivity index (χ0v) is 10.1. The third-order valence-corrected chi connectivity index (χ3v) is 3.36. The normalized spacial score (nSPS) is 15.2. The Balaban J connectivity index is 2.07. The van der Waals surface area contributed by atoms with Gasteiger partial charge in [-0.2, -0.15) is 0 Å². The van der Waals surface area contributed by atoms with Crippen LogP contribution in [-0.2, 0) is 0 Å². The fraction of sp³-hybridized carbons (Fsp3) is 0.308. The summed E-state index contributed by atoms with van der Waals surface area (Å²) >= 11 is 0. The molecule has 19 heavy (non-hydrogen) atoms. The average molecular weight is 261 g/mol. The number of benzene rings is 1. The highest BCUT2D eigenvalue weighted by Crippen LogP contribution is 2.36. The van der Waals surface area contributed by atoms with Crippen molar-refractivity contribution >= 4 is 5.97 Å². The number of hydrogen-bond donors (Lipinski definition) is 1. The number of nitrogens with zero attached hydrogens (tertiary/aromatic N) is 3. The van der Waals surface area contributed by atoms with Crippen molar-refractivity contribution in [2.75, 3.05) is 0 Å². The van der Waals surface area contributed by atoms with E-state index < -0.39 is 5.97 Å². The molecule has 0 radical (unpaired) electrons. The smallest absolute Gasteiger partial charge is 0.375 e. The molecule has 1 saturated carbocycles. The van der Waals surface area contributed by atoms with Crippen molar-refractivity contribution in [3.8, 4) is 5.69 Å². The van der Waals surface area contributed by atoms with Gasteiger partial charge in [0.25, 0.3) is 5.82 Å². The van der Waals surface area contributed by atoms with Crippen LogP contribution in [0.1, 0.15) is 41.6 Å². The average Bonchev–Trinajstić information content (AvgIpc) is 2.73. The zero-order chi connectivity index (χ0) is 13.4. The molecule has 0 aliphatic heterocycles. The number of carbonyl (C=O) groups is 1. The zero-order valence-electron chi connectivity index (χ0n) is 10.1. The third kappa shape index (κ3) is 2.09. The van der Waals surface area contributed by atoms with E-state index >= 15 is 0 Å². The van der Waals surface area contributed by atoms with Crippen LogP contribution < -0.4 is 0 Å². The first-order chi connectivity index (χ1) is 9.15. The molecule has 1 N–H and O–H groups in total. The fourth-order valence-corrected chi connectivity index (χ4v) is 2.12. The molecule has 0 unspecified atom stereocenters. The van der Waals surface area contributed by atoms with Crippen molar-refractivity contribution in [3.63, 3.8) is 0 Å². The predicted octanol–water partition coefficient (Wildman–Crippen LogP) is 2.37. The maximum absolute atomic E-state index is 12.9. The van der Waals surface area contributed by atoms with Crippen LogP contribution >= 0.6 is 0 Å². The van der Waals surface area contributed by atoms with Gasteiger partial charge in [-0.15, -0.1) is 5.10 Å². The molecule has 1 aliphatic rings. The van der Waals surface area contributed by atoms with Crippen LogP contribution in [0.15, 0.2) is 24.3 Å². The van der Waals surface area contributed by atoms with Crippen LogP contribution in [0, 0.1) is 5.82 Å². The van der Waals surface area contributed by atoms with Crippen molar-refractivity contribution in [2.24, 2.45) is 0 Å². The van der Waals surface area contributed by atoms with Gasteiger partial charge in [-0.3, -0.25) is 0 Å². The van der Waals surface area contributed by atoms with Crippen molar-refractivity contribution in [1.82, 2.24) is 14.8 Å². The lowest BCUT2D eigenvalue weighted by molar-refractivity contribution is 0.0683. The Bertz CT molecular complexity index is 617. The number of halogens is 1. The Kier molecular flexibility index (Phi) is 2.77. The van der Waals surface area contributed by atoms with Crippen molar-refractivity contribution in [1.29, 1.82) is 0 Å². The molecule has 1 aliphatic carbocycles. The van der Waals surface area contributed by atoms with E-state index in [4.69, 9.17) is 5.11 Å². The number of aromatic carboxylic acids is 1. The molecule has 1 fully saturated rings. The molecule has 0 atom stereocenters. The third-order valence-electron chi connectivity index (χ3n) is 3.36. The Hall–Kier alpha value is -2.24. The number of hydrogen-bond acceptors (Lipinski definition) is 3. The summed E-state index contributed by atoms with van der Waals surface area (Å²) in [5.41, 5.74) is 0.628. The minimum atomic E-state index is -1.15. The van der Waals surface area contributed by atoms with E-state index in [9.17, 15) is 9.18 Å². The number of carboxylic acids is 1. The molecular formula is C13H12FN3O2. The van der Waals surface area contributed by atoms with Gasteiger partial charge in [-0.05, 0) is 37.1 Å². The summed E-state index contributed by atoms with van der Waals surface area (Å²) < 4.78 is 14.4. The van der Waals surface area contributed by atoms with E-state index in [1.807, 2.05) is 0 Å². The van der Waals surface area contributed by atoms with E-state index in [0.29, 0.717) is 11.5 Å². The quantitative estimate of drug-likeness (QED) is 0.921. The molecule has 0 bridgehead atoms. The van der Waals surface area contributed by atoms with Crippen molar-refractivity contribution in [3.05, 3.63) is 41.7 Å². The van der Waals surface area contributed by atoms with Gasteiger partial charge in [0.15, 0.2) is 0 Å². The first-order valence-corrected chi connectivity index (χ1v) is 6.11. The summed E-state index contributed by atoms with van der Waals surface area (Å²) in [5, 5.41) is 13.0. The van der Waals surface area contributed by atoms with Crippen LogP contribution in [0.3, 0.4) is 0 Å². The highest BCUT2D eigenvalue weighted by molar-refractivity contribution is 5.83. The molecule has 3 rings (SSSR count). The van der Waals surface area contributed by atoms with Gasteiger partial charge in [-0.1, -0.05) is 6.42 Å². The van der Waals surface area contributed by atoms with Gasteiger partial charge in [0.1, 0.15) is 11.6 Å². The monoisotopic (exact) mass is 261 g/mol. The second-order valence-corrected chi connectivity index (χ2v) is 4.61. The highest BCUT2D eigenvalue weighted by Gasteiger charge is 2.28. The van der Waals surface area contributed by atoms with E-state index in [1.54, 1.807) is 12.1 Å². The lowest BCUT2D eigenvalue weighted by atomic mass is 9.85. The van der Waals surface area contributed by atoms with Gasteiger partial charge < -0.3 is 5.11 Å². The summed E-state index contributed by atoms with van der Waals surface area (Å²) in [6, 6.07) is 5.78. The highest BCUT2D eigenvalue weighted by atomic mass is 19.1. The molecule has 1 aromatic carbocycles. The second-order valence-electron chi connectivity index (χ2n) is 4.61. The van der Waals surface area contributed by atoms with Gasteiger partial charge >= 0.3 is 5.97 Å². The Morgan fingerprint density at radius 3 is 2.53 bits per heavy atom. The van der Waals surface area contributed by atoms with Crippen LogP contribution in [0.5, 0.6) is 0 Å². The molecule has 0 amide bonds. The summed E-state index contributed by atoms with van der Waals surface area (Å²) in [6.45, 7) is 0. The number of carboxylic acid groups (broad SMARTS) is 1. The van der Waals surface area contributed by atoms with Gasteiger partial charge in [0.2, 0.25) is 0 Å². The minimum Gasteiger partial charge on any atom is -0.475 e. The van der Waals surface area contributed by atoms with Crippen LogP contribution in [0.4, 0.5) is 4.39 Å². The van der Waals surface area contributed by atoms with Crippen LogP contribution in [-0.4, -0.2) is 25.8 Å². The molecule has 2 aromatic rings. The van der Waals surface area contributed by atoms with Gasteiger partial charge in [0, 0.05) is 5.92 Å². The summed E-state index contributed by atoms with van der Waals surface area (Å²) in [6.07, 6.45) is 3.08. The minimum absolute atomic E-state index is 0.216. The van der Waals surface area contributed by atoms with Crippen molar-refractivity contribution < 1.29 is 14.3 Å². The lowest BCUT2D eigenvalue weighted by Gasteiger charge is -2.24. The molecule has 0 spiro atoms. The maximum atomic E-state index is 12.9. The SMILES string of the molecule is O=C(O)c1nc(C2CCC2)n(-c2ccc(F)cc2)n1. The van der Waals surface area contributed by atoms with Crippen LogP contribution in [0.2, 0.25) is 0 Å². The summed E-state index contributed by atoms with van der Waals surface area (Å²) in [5.74, 6) is -0.818. The summed E-state index contributed by atoms with van der Waals surface area (Å²) in [4.78, 5) is 15.1. The van der Waals surface area contributed by atoms with Crippen LogP contribution in [0.25, 0.3) is 5.69 Å².